The van der Waals surface area contributed by atoms with Crippen LogP contribution in [0.5, 0.6) is 11.5 Å². The number of hydrogen-bond donors (Lipinski definition) is 1. The third kappa shape index (κ3) is 7.86. The Morgan fingerprint density at radius 1 is 1.00 bits per heavy atom. The van der Waals surface area contributed by atoms with E-state index in [4.69, 9.17) is 14.2 Å². The van der Waals surface area contributed by atoms with Gasteiger partial charge in [-0.25, -0.2) is 0 Å². The second-order valence-electron chi connectivity index (χ2n) is 7.91. The maximum absolute atomic E-state index is 12.5. The van der Waals surface area contributed by atoms with Gasteiger partial charge >= 0.3 is 5.97 Å². The van der Waals surface area contributed by atoms with E-state index in [0.29, 0.717) is 22.7 Å². The molecule has 0 bridgehead atoms. The lowest BCUT2D eigenvalue weighted by atomic mass is 10.1. The number of nitrogens with one attached hydrogen (secondary N) is 1. The van der Waals surface area contributed by atoms with E-state index >= 15 is 0 Å². The van der Waals surface area contributed by atoms with Gasteiger partial charge in [0.2, 0.25) is 5.91 Å². The maximum atomic E-state index is 12.5. The Balaban J connectivity index is 1.98. The third-order valence-electron chi connectivity index (χ3n) is 4.12. The minimum atomic E-state index is -0.601. The summed E-state index contributed by atoms with van der Waals surface area (Å²) in [6.45, 7) is 5.29. The molecule has 2 rings (SSSR count). The molecule has 0 aliphatic heterocycles. The normalized spacial score (nSPS) is 11.2. The van der Waals surface area contributed by atoms with Gasteiger partial charge in [-0.05, 0) is 50.6 Å². The van der Waals surface area contributed by atoms with E-state index in [9.17, 15) is 14.4 Å². The number of rotatable bonds is 9. The maximum Gasteiger partial charge on any atom is 0.306 e. The molecule has 0 fully saturated rings. The molecule has 0 unspecified atom stereocenters. The smallest absolute Gasteiger partial charge is 0.306 e. The minimum Gasteiger partial charge on any atom is -0.493 e. The number of amides is 1. The Bertz CT molecular complexity index is 1010. The van der Waals surface area contributed by atoms with Gasteiger partial charge in [0.1, 0.15) is 5.60 Å². The fourth-order valence-electron chi connectivity index (χ4n) is 2.70. The number of methoxy groups -OCH3 is 2. The molecule has 8 nitrogen and oxygen atoms in total. The summed E-state index contributed by atoms with van der Waals surface area (Å²) < 4.78 is 15.6. The summed E-state index contributed by atoms with van der Waals surface area (Å²) in [4.78, 5) is 40.4. The van der Waals surface area contributed by atoms with Crippen molar-refractivity contribution >= 4 is 29.4 Å². The van der Waals surface area contributed by atoms with Gasteiger partial charge in [0.25, 0.3) is 0 Å². The molecule has 0 saturated carbocycles. The predicted octanol–water partition coefficient (Wildman–Crippen LogP) is 4.06. The van der Waals surface area contributed by atoms with E-state index in [-0.39, 0.29) is 24.5 Å². The van der Waals surface area contributed by atoms with Crippen molar-refractivity contribution in [1.82, 2.24) is 4.98 Å². The summed E-state index contributed by atoms with van der Waals surface area (Å²) in [6.07, 6.45) is 5.83. The molecule has 170 valence electrons. The summed E-state index contributed by atoms with van der Waals surface area (Å²) in [6, 6.07) is 6.82. The van der Waals surface area contributed by atoms with Gasteiger partial charge in [-0.1, -0.05) is 12.1 Å². The number of ether oxygens (including phenoxy) is 3. The van der Waals surface area contributed by atoms with Crippen molar-refractivity contribution in [3.63, 3.8) is 0 Å². The zero-order chi connectivity index (χ0) is 23.7. The molecule has 32 heavy (non-hydrogen) atoms. The van der Waals surface area contributed by atoms with Crippen molar-refractivity contribution in [2.45, 2.75) is 39.2 Å². The van der Waals surface area contributed by atoms with Crippen molar-refractivity contribution in [2.75, 3.05) is 19.5 Å². The highest BCUT2D eigenvalue weighted by Crippen LogP contribution is 2.28. The third-order valence-corrected chi connectivity index (χ3v) is 4.12. The number of benzene rings is 1. The molecule has 0 radical (unpaired) electrons. The van der Waals surface area contributed by atoms with Crippen LogP contribution in [0.15, 0.2) is 42.7 Å². The van der Waals surface area contributed by atoms with Gasteiger partial charge in [-0.2, -0.15) is 0 Å². The molecule has 1 aromatic carbocycles. The lowest BCUT2D eigenvalue weighted by Crippen LogP contribution is -2.24. The summed E-state index contributed by atoms with van der Waals surface area (Å²) >= 11 is 0. The molecule has 2 aromatic rings. The van der Waals surface area contributed by atoms with Gasteiger partial charge in [0.15, 0.2) is 17.3 Å². The van der Waals surface area contributed by atoms with Crippen LogP contribution < -0.4 is 14.8 Å². The number of carbonyl (C=O) groups excluding carboxylic acids is 3. The standard InChI is InChI=1S/C24H28N2O6/c1-24(2,3)32-23(29)11-10-22(28)26-18-13-17(14-25-15-18)19(27)8-6-16-7-9-20(30-4)21(12-16)31-5/h6-9,12-15H,10-11H2,1-5H3,(H,26,28). The second kappa shape index (κ2) is 11.1. The van der Waals surface area contributed by atoms with Crippen molar-refractivity contribution < 1.29 is 28.6 Å². The number of anilines is 1. The number of pyridine rings is 1. The molecule has 0 atom stereocenters. The van der Waals surface area contributed by atoms with Crippen LogP contribution in [0.3, 0.4) is 0 Å². The van der Waals surface area contributed by atoms with Crippen molar-refractivity contribution in [3.8, 4) is 11.5 Å². The molecule has 1 N–H and O–H groups in total. The Morgan fingerprint density at radius 2 is 1.72 bits per heavy atom. The molecule has 0 spiro atoms. The van der Waals surface area contributed by atoms with Gasteiger partial charge in [-0.15, -0.1) is 0 Å². The number of esters is 1. The highest BCUT2D eigenvalue weighted by Gasteiger charge is 2.17. The van der Waals surface area contributed by atoms with Gasteiger partial charge < -0.3 is 19.5 Å². The first-order valence-electron chi connectivity index (χ1n) is 10.0. The highest BCUT2D eigenvalue weighted by atomic mass is 16.6. The molecule has 8 heteroatoms. The average molecular weight is 440 g/mol. The van der Waals surface area contributed by atoms with Gasteiger partial charge in [-0.3, -0.25) is 19.4 Å². The number of nitrogens with zero attached hydrogens (tertiary/aromatic N) is 1. The van der Waals surface area contributed by atoms with Gasteiger partial charge in [0, 0.05) is 18.2 Å². The number of aromatic nitrogens is 1. The molecule has 0 aliphatic rings. The molecule has 0 saturated heterocycles. The van der Waals surface area contributed by atoms with Crippen LogP contribution in [0, 0.1) is 0 Å². The Kier molecular flexibility index (Phi) is 8.52. The minimum absolute atomic E-state index is 0.0354. The van der Waals surface area contributed by atoms with Crippen molar-refractivity contribution in [3.05, 3.63) is 53.9 Å². The molecule has 0 aliphatic carbocycles. The lowest BCUT2D eigenvalue weighted by molar-refractivity contribution is -0.155. The Morgan fingerprint density at radius 3 is 2.38 bits per heavy atom. The number of allylic oxidation sites excluding steroid dienone is 1. The molecular weight excluding hydrogens is 412 g/mol. The van der Waals surface area contributed by atoms with E-state index in [2.05, 4.69) is 10.3 Å². The van der Waals surface area contributed by atoms with Crippen LogP contribution in [0.2, 0.25) is 0 Å². The van der Waals surface area contributed by atoms with Crippen LogP contribution >= 0.6 is 0 Å². The largest absolute Gasteiger partial charge is 0.493 e. The van der Waals surface area contributed by atoms with Crippen molar-refractivity contribution in [2.24, 2.45) is 0 Å². The topological polar surface area (TPSA) is 104 Å². The van der Waals surface area contributed by atoms with Crippen LogP contribution in [-0.2, 0) is 14.3 Å². The SMILES string of the molecule is COc1ccc(C=CC(=O)c2cncc(NC(=O)CCC(=O)OC(C)(C)C)c2)cc1OC. The van der Waals surface area contributed by atoms with E-state index in [1.54, 1.807) is 52.2 Å². The van der Waals surface area contributed by atoms with E-state index in [1.165, 1.54) is 31.6 Å². The first-order valence-corrected chi connectivity index (χ1v) is 10.0. The Hall–Kier alpha value is -3.68. The van der Waals surface area contributed by atoms with Crippen molar-refractivity contribution in [1.29, 1.82) is 0 Å². The first-order chi connectivity index (χ1) is 15.1. The van der Waals surface area contributed by atoms with E-state index < -0.39 is 11.6 Å². The number of hydrogen-bond acceptors (Lipinski definition) is 7. The monoisotopic (exact) mass is 440 g/mol. The fourth-order valence-corrected chi connectivity index (χ4v) is 2.70. The summed E-state index contributed by atoms with van der Waals surface area (Å²) in [5.74, 6) is 0.0467. The number of carbonyl (C=O) groups is 3. The zero-order valence-electron chi connectivity index (χ0n) is 18.9. The summed E-state index contributed by atoms with van der Waals surface area (Å²) in [5.41, 5.74) is 0.836. The van der Waals surface area contributed by atoms with Crippen LogP contribution in [0.1, 0.15) is 49.5 Å². The fraction of sp³-hybridized carbons (Fsp3) is 0.333. The van der Waals surface area contributed by atoms with E-state index in [0.717, 1.165) is 5.56 Å². The summed E-state index contributed by atoms with van der Waals surface area (Å²) in [7, 11) is 3.09. The number of ketones is 1. The van der Waals surface area contributed by atoms with Crippen LogP contribution in [0.25, 0.3) is 6.08 Å². The molecule has 1 aromatic heterocycles. The zero-order valence-corrected chi connectivity index (χ0v) is 18.9. The van der Waals surface area contributed by atoms with E-state index in [1.807, 2.05) is 0 Å². The van der Waals surface area contributed by atoms with Crippen LogP contribution in [-0.4, -0.2) is 42.5 Å². The Labute approximate surface area is 187 Å². The molecular formula is C24H28N2O6. The second-order valence-corrected chi connectivity index (χ2v) is 7.91. The predicted molar refractivity (Wildman–Crippen MR) is 121 cm³/mol. The van der Waals surface area contributed by atoms with Crippen LogP contribution in [0.4, 0.5) is 5.69 Å². The summed E-state index contributed by atoms with van der Waals surface area (Å²) in [5, 5.41) is 2.64. The molecule has 1 amide bonds. The molecule has 1 heterocycles. The first kappa shape index (κ1) is 24.6. The lowest BCUT2D eigenvalue weighted by Gasteiger charge is -2.19. The average Bonchev–Trinajstić information content (AvgIpc) is 2.74. The highest BCUT2D eigenvalue weighted by molar-refractivity contribution is 6.07. The van der Waals surface area contributed by atoms with Gasteiger partial charge in [0.05, 0.1) is 32.5 Å². The quantitative estimate of drug-likeness (QED) is 0.356.